The van der Waals surface area contributed by atoms with Gasteiger partial charge in [-0.25, -0.2) is 8.42 Å². The molecule has 1 atom stereocenters. The molecule has 0 aromatic carbocycles. The maximum atomic E-state index is 12.8. The Labute approximate surface area is 123 Å². The number of nitrogens with zero attached hydrogens (tertiary/aromatic N) is 2. The number of oxime groups is 1. The van der Waals surface area contributed by atoms with Crippen LogP contribution in [0.5, 0.6) is 0 Å². The molecule has 2 aliphatic rings. The van der Waals surface area contributed by atoms with Crippen LogP contribution in [0.15, 0.2) is 5.16 Å². The molecule has 0 spiro atoms. The second-order valence-corrected chi connectivity index (χ2v) is 7.88. The number of hydrogen-bond acceptors (Lipinski definition) is 6. The summed E-state index contributed by atoms with van der Waals surface area (Å²) in [4.78, 5) is 14.3. The second-order valence-electron chi connectivity index (χ2n) is 5.65. The van der Waals surface area contributed by atoms with E-state index in [-0.39, 0.29) is 29.3 Å². The predicted octanol–water partition coefficient (Wildman–Crippen LogP) is -0.825. The molecule has 0 aromatic heterocycles. The molecule has 2 aliphatic heterocycles. The SMILES string of the molecule is CN(C(=O)C1(C(N)=NO)CCOCC1)C1CCS(=O)(=O)C1. The third kappa shape index (κ3) is 2.98. The van der Waals surface area contributed by atoms with Crippen LogP contribution in [-0.2, 0) is 19.4 Å². The first kappa shape index (κ1) is 16.0. The van der Waals surface area contributed by atoms with Gasteiger partial charge in [-0.05, 0) is 19.3 Å². The van der Waals surface area contributed by atoms with Crippen molar-refractivity contribution in [3.63, 3.8) is 0 Å². The summed E-state index contributed by atoms with van der Waals surface area (Å²) in [5.41, 5.74) is 4.65. The minimum absolute atomic E-state index is 0.0298. The number of amidine groups is 1. The molecule has 2 heterocycles. The van der Waals surface area contributed by atoms with Gasteiger partial charge in [-0.1, -0.05) is 5.16 Å². The number of sulfone groups is 1. The molecule has 2 rings (SSSR count). The van der Waals surface area contributed by atoms with Crippen molar-refractivity contribution in [2.45, 2.75) is 25.3 Å². The molecule has 0 aromatic rings. The van der Waals surface area contributed by atoms with Gasteiger partial charge in [0, 0.05) is 26.3 Å². The van der Waals surface area contributed by atoms with Crippen molar-refractivity contribution in [3.8, 4) is 0 Å². The molecule has 0 bridgehead atoms. The van der Waals surface area contributed by atoms with Gasteiger partial charge in [0.05, 0.1) is 11.5 Å². The van der Waals surface area contributed by atoms with Gasteiger partial charge >= 0.3 is 0 Å². The number of nitrogens with two attached hydrogens (primary N) is 1. The first-order chi connectivity index (χ1) is 9.82. The average Bonchev–Trinajstić information content (AvgIpc) is 2.85. The normalized spacial score (nSPS) is 28.2. The first-order valence-corrected chi connectivity index (χ1v) is 8.68. The van der Waals surface area contributed by atoms with Crippen LogP contribution in [0.3, 0.4) is 0 Å². The molecule has 2 saturated heterocycles. The Morgan fingerprint density at radius 3 is 2.52 bits per heavy atom. The zero-order valence-electron chi connectivity index (χ0n) is 12.0. The van der Waals surface area contributed by atoms with E-state index in [1.807, 2.05) is 0 Å². The minimum Gasteiger partial charge on any atom is -0.409 e. The molecule has 8 nitrogen and oxygen atoms in total. The van der Waals surface area contributed by atoms with Crippen LogP contribution in [0.25, 0.3) is 0 Å². The van der Waals surface area contributed by atoms with Crippen molar-refractivity contribution in [1.29, 1.82) is 0 Å². The fourth-order valence-electron chi connectivity index (χ4n) is 2.98. The summed E-state index contributed by atoms with van der Waals surface area (Å²) in [6, 6.07) is -0.353. The summed E-state index contributed by atoms with van der Waals surface area (Å²) in [7, 11) is -1.50. The summed E-state index contributed by atoms with van der Waals surface area (Å²) in [5, 5.41) is 12.0. The molecule has 9 heteroatoms. The summed E-state index contributed by atoms with van der Waals surface area (Å²) in [5.74, 6) is -0.376. The highest BCUT2D eigenvalue weighted by Gasteiger charge is 2.48. The number of amides is 1. The molecule has 1 amide bonds. The summed E-state index contributed by atoms with van der Waals surface area (Å²) in [6.45, 7) is 0.692. The average molecular weight is 319 g/mol. The van der Waals surface area contributed by atoms with Gasteiger partial charge in [0.25, 0.3) is 0 Å². The molecule has 1 unspecified atom stereocenters. The van der Waals surface area contributed by atoms with Crippen molar-refractivity contribution in [2.24, 2.45) is 16.3 Å². The third-order valence-corrected chi connectivity index (χ3v) is 6.18. The molecule has 3 N–H and O–H groups in total. The van der Waals surface area contributed by atoms with Crippen molar-refractivity contribution >= 4 is 21.6 Å². The molecule has 0 saturated carbocycles. The summed E-state index contributed by atoms with van der Waals surface area (Å²) < 4.78 is 28.4. The fourth-order valence-corrected chi connectivity index (χ4v) is 4.75. The molecule has 2 fully saturated rings. The molecular weight excluding hydrogens is 298 g/mol. The van der Waals surface area contributed by atoms with Crippen LogP contribution < -0.4 is 5.73 Å². The van der Waals surface area contributed by atoms with Gasteiger partial charge in [-0.3, -0.25) is 4.79 Å². The maximum absolute atomic E-state index is 12.8. The van der Waals surface area contributed by atoms with Crippen LogP contribution in [0.1, 0.15) is 19.3 Å². The predicted molar refractivity (Wildman–Crippen MR) is 75.7 cm³/mol. The first-order valence-electron chi connectivity index (χ1n) is 6.86. The van der Waals surface area contributed by atoms with Gasteiger partial charge in [-0.2, -0.15) is 0 Å². The Morgan fingerprint density at radius 1 is 1.43 bits per heavy atom. The number of carbonyl (C=O) groups is 1. The molecule has 0 aliphatic carbocycles. The quantitative estimate of drug-likeness (QED) is 0.303. The van der Waals surface area contributed by atoms with E-state index in [2.05, 4.69) is 5.16 Å². The Hall–Kier alpha value is -1.35. The van der Waals surface area contributed by atoms with E-state index in [0.717, 1.165) is 0 Å². The molecule has 21 heavy (non-hydrogen) atoms. The van der Waals surface area contributed by atoms with Crippen molar-refractivity contribution < 1.29 is 23.2 Å². The van der Waals surface area contributed by atoms with E-state index in [9.17, 15) is 13.2 Å². The number of hydrogen-bond donors (Lipinski definition) is 2. The molecule has 120 valence electrons. The van der Waals surface area contributed by atoms with Crippen molar-refractivity contribution in [2.75, 3.05) is 31.8 Å². The zero-order chi connectivity index (χ0) is 15.7. The lowest BCUT2D eigenvalue weighted by Gasteiger charge is -2.39. The third-order valence-electron chi connectivity index (χ3n) is 4.43. The van der Waals surface area contributed by atoms with Crippen LogP contribution in [-0.4, -0.2) is 68.1 Å². The van der Waals surface area contributed by atoms with Crippen molar-refractivity contribution in [3.05, 3.63) is 0 Å². The van der Waals surface area contributed by atoms with Crippen LogP contribution in [0, 0.1) is 5.41 Å². The highest BCUT2D eigenvalue weighted by Crippen LogP contribution is 2.34. The lowest BCUT2D eigenvalue weighted by Crippen LogP contribution is -2.55. The maximum Gasteiger partial charge on any atom is 0.236 e. The van der Waals surface area contributed by atoms with E-state index in [1.54, 1.807) is 7.05 Å². The lowest BCUT2D eigenvalue weighted by atomic mass is 9.77. The van der Waals surface area contributed by atoms with Gasteiger partial charge in [-0.15, -0.1) is 0 Å². The molecule has 0 radical (unpaired) electrons. The summed E-state index contributed by atoms with van der Waals surface area (Å²) in [6.07, 6.45) is 1.07. The standard InChI is InChI=1S/C12H21N3O5S/c1-15(9-2-7-21(18,19)8-9)11(16)12(10(13)14-17)3-5-20-6-4-12/h9,17H,2-8H2,1H3,(H2,13,14). The van der Waals surface area contributed by atoms with Gasteiger partial charge in [0.2, 0.25) is 5.91 Å². The topological polar surface area (TPSA) is 122 Å². The van der Waals surface area contributed by atoms with E-state index >= 15 is 0 Å². The second kappa shape index (κ2) is 5.80. The number of rotatable bonds is 3. The largest absolute Gasteiger partial charge is 0.409 e. The fraction of sp³-hybridized carbons (Fsp3) is 0.833. The van der Waals surface area contributed by atoms with Crippen LogP contribution in [0.4, 0.5) is 0 Å². The Kier molecular flexibility index (Phi) is 4.43. The van der Waals surface area contributed by atoms with Gasteiger partial charge in [0.1, 0.15) is 5.41 Å². The Bertz CT molecular complexity index is 539. The minimum atomic E-state index is -3.08. The molecular formula is C12H21N3O5S. The van der Waals surface area contributed by atoms with Gasteiger partial charge in [0.15, 0.2) is 15.7 Å². The van der Waals surface area contributed by atoms with E-state index < -0.39 is 15.3 Å². The van der Waals surface area contributed by atoms with Crippen LogP contribution >= 0.6 is 0 Å². The zero-order valence-corrected chi connectivity index (χ0v) is 12.8. The Balaban J connectivity index is 2.22. The van der Waals surface area contributed by atoms with E-state index in [4.69, 9.17) is 15.7 Å². The van der Waals surface area contributed by atoms with E-state index in [0.29, 0.717) is 32.5 Å². The van der Waals surface area contributed by atoms with Crippen LogP contribution in [0.2, 0.25) is 0 Å². The smallest absolute Gasteiger partial charge is 0.236 e. The van der Waals surface area contributed by atoms with Crippen molar-refractivity contribution in [1.82, 2.24) is 4.90 Å². The Morgan fingerprint density at radius 2 is 2.05 bits per heavy atom. The number of ether oxygens (including phenoxy) is 1. The lowest BCUT2D eigenvalue weighted by molar-refractivity contribution is -0.143. The highest BCUT2D eigenvalue weighted by atomic mass is 32.2. The van der Waals surface area contributed by atoms with E-state index in [1.165, 1.54) is 4.90 Å². The summed E-state index contributed by atoms with van der Waals surface area (Å²) >= 11 is 0. The number of carbonyl (C=O) groups excluding carboxylic acids is 1. The van der Waals surface area contributed by atoms with Gasteiger partial charge < -0.3 is 20.6 Å². The highest BCUT2D eigenvalue weighted by molar-refractivity contribution is 7.91. The monoisotopic (exact) mass is 319 g/mol.